The highest BCUT2D eigenvalue weighted by Gasteiger charge is 2.12. The molecule has 0 spiro atoms. The van der Waals surface area contributed by atoms with Crippen molar-refractivity contribution in [2.45, 2.75) is 13.0 Å². The number of fused-ring (bicyclic) bond motifs is 1. The van der Waals surface area contributed by atoms with Crippen molar-refractivity contribution in [1.82, 2.24) is 9.88 Å². The smallest absolute Gasteiger partial charge is 0.270 e. The number of aromatic nitrogens is 1. The van der Waals surface area contributed by atoms with Gasteiger partial charge in [0.1, 0.15) is 6.54 Å². The van der Waals surface area contributed by atoms with Crippen LogP contribution in [0, 0.1) is 10.1 Å². The Hall–Kier alpha value is -3.88. The van der Waals surface area contributed by atoms with Crippen molar-refractivity contribution in [3.8, 4) is 11.5 Å². The summed E-state index contributed by atoms with van der Waals surface area (Å²) in [5.74, 6) is 0.905. The molecular weight excluding hydrogens is 390 g/mol. The van der Waals surface area contributed by atoms with E-state index in [4.69, 9.17) is 9.47 Å². The van der Waals surface area contributed by atoms with E-state index in [0.29, 0.717) is 35.4 Å². The van der Waals surface area contributed by atoms with Crippen LogP contribution in [0.3, 0.4) is 0 Å². The molecule has 156 valence electrons. The van der Waals surface area contributed by atoms with Crippen LogP contribution < -0.4 is 20.3 Å². The lowest BCUT2D eigenvalue weighted by Gasteiger charge is -2.12. The van der Waals surface area contributed by atoms with E-state index in [1.165, 1.54) is 34.9 Å². The zero-order chi connectivity index (χ0) is 21.7. The second-order valence-electron chi connectivity index (χ2n) is 6.55. The Labute approximate surface area is 172 Å². The molecule has 9 nitrogen and oxygen atoms in total. The molecule has 0 saturated heterocycles. The fourth-order valence-electron chi connectivity index (χ4n) is 3.15. The number of pyridine rings is 1. The van der Waals surface area contributed by atoms with Crippen molar-refractivity contribution in [2.75, 3.05) is 20.8 Å². The molecule has 30 heavy (non-hydrogen) atoms. The highest BCUT2D eigenvalue weighted by molar-refractivity contribution is 5.84. The number of carbonyl (C=O) groups excluding carboxylic acids is 1. The molecule has 3 aromatic rings. The Morgan fingerprint density at radius 3 is 2.53 bits per heavy atom. The van der Waals surface area contributed by atoms with E-state index in [9.17, 15) is 19.7 Å². The van der Waals surface area contributed by atoms with Crippen molar-refractivity contribution in [1.29, 1.82) is 0 Å². The Kier molecular flexibility index (Phi) is 6.31. The first-order chi connectivity index (χ1) is 14.4. The summed E-state index contributed by atoms with van der Waals surface area (Å²) in [6.07, 6.45) is 0.572. The average Bonchev–Trinajstić information content (AvgIpc) is 2.75. The van der Waals surface area contributed by atoms with E-state index in [1.807, 2.05) is 12.1 Å². The van der Waals surface area contributed by atoms with E-state index >= 15 is 0 Å². The molecule has 0 fully saturated rings. The van der Waals surface area contributed by atoms with Crippen LogP contribution in [0.4, 0.5) is 5.69 Å². The Bertz CT molecular complexity index is 1160. The Morgan fingerprint density at radius 1 is 1.07 bits per heavy atom. The molecule has 0 aliphatic heterocycles. The standard InChI is InChI=1S/C21H21N3O6/c1-29-18-7-3-14(11-19(18)30-2)9-10-22-20(25)13-23-17-6-5-16(24(27)28)12-15(17)4-8-21(23)26/h3-8,11-12H,9-10,13H2,1-2H3,(H,22,25). The molecule has 1 N–H and O–H groups in total. The van der Waals surface area contributed by atoms with Gasteiger partial charge in [0.15, 0.2) is 11.5 Å². The van der Waals surface area contributed by atoms with Gasteiger partial charge in [0.25, 0.3) is 11.2 Å². The Morgan fingerprint density at radius 2 is 1.83 bits per heavy atom. The number of benzene rings is 2. The summed E-state index contributed by atoms with van der Waals surface area (Å²) < 4.78 is 11.8. The summed E-state index contributed by atoms with van der Waals surface area (Å²) in [7, 11) is 3.12. The molecule has 0 aliphatic carbocycles. The molecule has 1 heterocycles. The number of hydrogen-bond donors (Lipinski definition) is 1. The lowest BCUT2D eigenvalue weighted by atomic mass is 10.1. The van der Waals surface area contributed by atoms with Crippen LogP contribution in [0.1, 0.15) is 5.56 Å². The van der Waals surface area contributed by atoms with Crippen LogP contribution in [-0.4, -0.2) is 36.2 Å². The summed E-state index contributed by atoms with van der Waals surface area (Å²) in [6.45, 7) is 0.194. The van der Waals surface area contributed by atoms with Gasteiger partial charge < -0.3 is 14.8 Å². The molecule has 0 atom stereocenters. The molecule has 0 bridgehead atoms. The van der Waals surface area contributed by atoms with Gasteiger partial charge in [-0.15, -0.1) is 0 Å². The van der Waals surface area contributed by atoms with Gasteiger partial charge in [-0.05, 0) is 36.2 Å². The van der Waals surface area contributed by atoms with Gasteiger partial charge in [-0.2, -0.15) is 0 Å². The van der Waals surface area contributed by atoms with Crippen LogP contribution >= 0.6 is 0 Å². The van der Waals surface area contributed by atoms with Gasteiger partial charge in [-0.25, -0.2) is 0 Å². The number of ether oxygens (including phenoxy) is 2. The van der Waals surface area contributed by atoms with E-state index < -0.39 is 4.92 Å². The number of nitrogens with zero attached hydrogens (tertiary/aromatic N) is 2. The maximum Gasteiger partial charge on any atom is 0.270 e. The summed E-state index contributed by atoms with van der Waals surface area (Å²) in [4.78, 5) is 35.1. The monoisotopic (exact) mass is 411 g/mol. The molecule has 1 amide bonds. The molecule has 0 aliphatic rings. The fourth-order valence-corrected chi connectivity index (χ4v) is 3.15. The normalized spacial score (nSPS) is 10.6. The first-order valence-electron chi connectivity index (χ1n) is 9.18. The number of amides is 1. The third-order valence-electron chi connectivity index (χ3n) is 4.67. The minimum absolute atomic E-state index is 0.0768. The number of methoxy groups -OCH3 is 2. The van der Waals surface area contributed by atoms with Gasteiger partial charge in [0.2, 0.25) is 5.91 Å². The molecule has 1 aromatic heterocycles. The first kappa shape index (κ1) is 20.8. The summed E-state index contributed by atoms with van der Waals surface area (Å²) in [6, 6.07) is 12.5. The SMILES string of the molecule is COc1ccc(CCNC(=O)Cn2c(=O)ccc3cc([N+](=O)[O-])ccc32)cc1OC. The summed E-state index contributed by atoms with van der Waals surface area (Å²) in [5.41, 5.74) is 0.990. The number of nitro groups is 1. The van der Waals surface area contributed by atoms with E-state index in [0.717, 1.165) is 5.56 Å². The van der Waals surface area contributed by atoms with Gasteiger partial charge >= 0.3 is 0 Å². The van der Waals surface area contributed by atoms with Crippen molar-refractivity contribution in [3.63, 3.8) is 0 Å². The van der Waals surface area contributed by atoms with Gasteiger partial charge in [0, 0.05) is 30.1 Å². The quantitative estimate of drug-likeness (QED) is 0.450. The highest BCUT2D eigenvalue weighted by Crippen LogP contribution is 2.27. The molecule has 3 rings (SSSR count). The zero-order valence-corrected chi connectivity index (χ0v) is 16.6. The lowest BCUT2D eigenvalue weighted by molar-refractivity contribution is -0.384. The zero-order valence-electron chi connectivity index (χ0n) is 16.6. The third-order valence-corrected chi connectivity index (χ3v) is 4.67. The maximum absolute atomic E-state index is 12.4. The number of rotatable bonds is 8. The number of nitrogens with one attached hydrogen (secondary N) is 1. The van der Waals surface area contributed by atoms with Crippen LogP contribution in [0.2, 0.25) is 0 Å². The van der Waals surface area contributed by atoms with Gasteiger partial charge in [-0.1, -0.05) is 6.07 Å². The number of hydrogen-bond acceptors (Lipinski definition) is 6. The van der Waals surface area contributed by atoms with Gasteiger partial charge in [-0.3, -0.25) is 24.3 Å². The van der Waals surface area contributed by atoms with E-state index in [2.05, 4.69) is 5.32 Å². The van der Waals surface area contributed by atoms with Crippen molar-refractivity contribution in [2.24, 2.45) is 0 Å². The van der Waals surface area contributed by atoms with E-state index in [1.54, 1.807) is 20.3 Å². The van der Waals surface area contributed by atoms with Crippen molar-refractivity contribution >= 4 is 22.5 Å². The predicted molar refractivity (Wildman–Crippen MR) is 111 cm³/mol. The minimum atomic E-state index is -0.504. The molecule has 0 radical (unpaired) electrons. The van der Waals surface area contributed by atoms with Crippen LogP contribution in [0.15, 0.2) is 53.3 Å². The summed E-state index contributed by atoms with van der Waals surface area (Å²) in [5, 5.41) is 14.2. The Balaban J connectivity index is 1.68. The van der Waals surface area contributed by atoms with E-state index in [-0.39, 0.29) is 23.7 Å². The predicted octanol–water partition coefficient (Wildman–Crippen LogP) is 2.29. The van der Waals surface area contributed by atoms with Crippen LogP contribution in [0.25, 0.3) is 10.9 Å². The lowest BCUT2D eigenvalue weighted by Crippen LogP contribution is -2.33. The first-order valence-corrected chi connectivity index (χ1v) is 9.18. The number of nitro benzene ring substituents is 1. The molecule has 0 saturated carbocycles. The average molecular weight is 411 g/mol. The molecular formula is C21H21N3O6. The molecule has 2 aromatic carbocycles. The largest absolute Gasteiger partial charge is 0.493 e. The van der Waals surface area contributed by atoms with Gasteiger partial charge in [0.05, 0.1) is 24.7 Å². The van der Waals surface area contributed by atoms with Crippen molar-refractivity contribution in [3.05, 3.63) is 74.6 Å². The molecule has 0 unspecified atom stereocenters. The minimum Gasteiger partial charge on any atom is -0.493 e. The third kappa shape index (κ3) is 4.57. The highest BCUT2D eigenvalue weighted by atomic mass is 16.6. The fraction of sp³-hybridized carbons (Fsp3) is 0.238. The maximum atomic E-state index is 12.4. The topological polar surface area (TPSA) is 113 Å². The number of non-ortho nitro benzene ring substituents is 1. The van der Waals surface area contributed by atoms with Crippen LogP contribution in [0.5, 0.6) is 11.5 Å². The van der Waals surface area contributed by atoms with Crippen molar-refractivity contribution < 1.29 is 19.2 Å². The summed E-state index contributed by atoms with van der Waals surface area (Å²) >= 11 is 0. The second-order valence-corrected chi connectivity index (χ2v) is 6.55. The number of carbonyl (C=O) groups is 1. The second kappa shape index (κ2) is 9.08. The molecule has 9 heteroatoms. The van der Waals surface area contributed by atoms with Crippen LogP contribution in [-0.2, 0) is 17.8 Å².